The predicted octanol–water partition coefficient (Wildman–Crippen LogP) is 2.92. The van der Waals surface area contributed by atoms with Crippen molar-refractivity contribution in [3.8, 4) is 0 Å². The summed E-state index contributed by atoms with van der Waals surface area (Å²) in [5, 5.41) is 13.8. The molecule has 0 saturated heterocycles. The molecule has 0 aliphatic heterocycles. The molecule has 0 fully saturated rings. The average Bonchev–Trinajstić information content (AvgIpc) is 2.44. The number of aryl methyl sites for hydroxylation is 2. The summed E-state index contributed by atoms with van der Waals surface area (Å²) in [5.74, 6) is -0.133. The van der Waals surface area contributed by atoms with Crippen LogP contribution >= 0.6 is 0 Å². The smallest absolute Gasteiger partial charge is 0.272 e. The third-order valence-corrected chi connectivity index (χ3v) is 4.21. The Labute approximate surface area is 124 Å². The molecule has 0 saturated carbocycles. The Morgan fingerprint density at radius 1 is 1.29 bits per heavy atom. The third kappa shape index (κ3) is 3.39. The van der Waals surface area contributed by atoms with Gasteiger partial charge in [0, 0.05) is 23.9 Å². The molecule has 0 bridgehead atoms. The number of nitrogens with zero attached hydrogens (tertiary/aromatic N) is 1. The summed E-state index contributed by atoms with van der Waals surface area (Å²) in [6, 6.07) is 3.12. The van der Waals surface area contributed by atoms with Gasteiger partial charge in [-0.2, -0.15) is 0 Å². The number of hydrogen-bond acceptors (Lipinski definition) is 4. The zero-order valence-electron chi connectivity index (χ0n) is 13.0. The van der Waals surface area contributed by atoms with E-state index >= 15 is 0 Å². The predicted molar refractivity (Wildman–Crippen MR) is 83.3 cm³/mol. The number of carbonyl (C=O) groups excluding carboxylic acids is 1. The molecular weight excluding hydrogens is 270 g/mol. The Balaban J connectivity index is 3.11. The lowest BCUT2D eigenvalue weighted by molar-refractivity contribution is -0.385. The second-order valence-corrected chi connectivity index (χ2v) is 5.36. The Bertz CT molecular complexity index is 543. The molecule has 1 amide bonds. The molecule has 6 heteroatoms. The van der Waals surface area contributed by atoms with Crippen molar-refractivity contribution in [3.05, 3.63) is 33.4 Å². The number of benzene rings is 1. The first-order valence-corrected chi connectivity index (χ1v) is 7.08. The number of nitrogens with two attached hydrogens (primary N) is 1. The molecular formula is C15H23N3O3. The van der Waals surface area contributed by atoms with Crippen LogP contribution in [0.25, 0.3) is 0 Å². The van der Waals surface area contributed by atoms with Crippen molar-refractivity contribution in [2.45, 2.75) is 40.5 Å². The maximum Gasteiger partial charge on any atom is 0.272 e. The minimum atomic E-state index is -0.595. The molecule has 0 aliphatic rings. The van der Waals surface area contributed by atoms with E-state index in [1.54, 1.807) is 19.9 Å². The molecule has 0 atom stereocenters. The minimum Gasteiger partial charge on any atom is -0.329 e. The summed E-state index contributed by atoms with van der Waals surface area (Å²) in [4.78, 5) is 23.0. The molecule has 0 heterocycles. The normalized spacial score (nSPS) is 11.3. The summed E-state index contributed by atoms with van der Waals surface area (Å²) in [7, 11) is 0. The molecule has 0 unspecified atom stereocenters. The van der Waals surface area contributed by atoms with E-state index in [1.807, 2.05) is 13.8 Å². The standard InChI is InChI=1S/C15H23N3O3/c1-5-15(6-2,9-16)14(19)17-12-7-11(4)13(18(20)21)8-10(12)3/h7-8H,5-6,9,16H2,1-4H3,(H,17,19). The van der Waals surface area contributed by atoms with Gasteiger partial charge in [0.25, 0.3) is 5.69 Å². The van der Waals surface area contributed by atoms with E-state index in [2.05, 4.69) is 5.32 Å². The van der Waals surface area contributed by atoms with E-state index in [-0.39, 0.29) is 18.1 Å². The fourth-order valence-corrected chi connectivity index (χ4v) is 2.34. The van der Waals surface area contributed by atoms with Crippen LogP contribution in [-0.2, 0) is 4.79 Å². The van der Waals surface area contributed by atoms with E-state index in [1.165, 1.54) is 6.07 Å². The lowest BCUT2D eigenvalue weighted by Gasteiger charge is -2.28. The van der Waals surface area contributed by atoms with E-state index in [0.717, 1.165) is 0 Å². The Hall–Kier alpha value is -1.95. The van der Waals surface area contributed by atoms with Gasteiger partial charge >= 0.3 is 0 Å². The molecule has 0 spiro atoms. The van der Waals surface area contributed by atoms with Crippen LogP contribution in [0.2, 0.25) is 0 Å². The van der Waals surface area contributed by atoms with Crippen LogP contribution < -0.4 is 11.1 Å². The van der Waals surface area contributed by atoms with E-state index < -0.39 is 10.3 Å². The highest BCUT2D eigenvalue weighted by molar-refractivity contribution is 5.96. The van der Waals surface area contributed by atoms with Gasteiger partial charge in [-0.1, -0.05) is 13.8 Å². The maximum absolute atomic E-state index is 12.5. The van der Waals surface area contributed by atoms with Crippen molar-refractivity contribution in [3.63, 3.8) is 0 Å². The van der Waals surface area contributed by atoms with Gasteiger partial charge in [0.2, 0.25) is 5.91 Å². The number of carbonyl (C=O) groups is 1. The van der Waals surface area contributed by atoms with Gasteiger partial charge in [-0.3, -0.25) is 14.9 Å². The Morgan fingerprint density at radius 2 is 1.86 bits per heavy atom. The number of hydrogen-bond donors (Lipinski definition) is 2. The summed E-state index contributed by atoms with van der Waals surface area (Å²) >= 11 is 0. The maximum atomic E-state index is 12.5. The fraction of sp³-hybridized carbons (Fsp3) is 0.533. The van der Waals surface area contributed by atoms with Gasteiger partial charge in [-0.15, -0.1) is 0 Å². The monoisotopic (exact) mass is 293 g/mol. The highest BCUT2D eigenvalue weighted by atomic mass is 16.6. The van der Waals surface area contributed by atoms with Crippen molar-refractivity contribution >= 4 is 17.3 Å². The Morgan fingerprint density at radius 3 is 2.29 bits per heavy atom. The van der Waals surface area contributed by atoms with E-state index in [9.17, 15) is 14.9 Å². The second-order valence-electron chi connectivity index (χ2n) is 5.36. The molecule has 1 rings (SSSR count). The Kier molecular flexibility index (Phi) is 5.43. The molecule has 1 aromatic rings. The van der Waals surface area contributed by atoms with Crippen LogP contribution in [-0.4, -0.2) is 17.4 Å². The minimum absolute atomic E-state index is 0.0570. The summed E-state index contributed by atoms with van der Waals surface area (Å²) in [5.41, 5.74) is 7.01. The zero-order chi connectivity index (χ0) is 16.2. The van der Waals surface area contributed by atoms with Gasteiger partial charge in [0.05, 0.1) is 10.3 Å². The van der Waals surface area contributed by atoms with E-state index in [0.29, 0.717) is 29.7 Å². The highest BCUT2D eigenvalue weighted by Crippen LogP contribution is 2.30. The van der Waals surface area contributed by atoms with Gasteiger partial charge in [0.15, 0.2) is 0 Å². The molecule has 1 aromatic carbocycles. The molecule has 21 heavy (non-hydrogen) atoms. The highest BCUT2D eigenvalue weighted by Gasteiger charge is 2.33. The number of amides is 1. The van der Waals surface area contributed by atoms with Crippen molar-refractivity contribution in [1.82, 2.24) is 0 Å². The third-order valence-electron chi connectivity index (χ3n) is 4.21. The van der Waals surface area contributed by atoms with Crippen LogP contribution in [0.4, 0.5) is 11.4 Å². The number of nitro groups is 1. The number of nitrogens with one attached hydrogen (secondary N) is 1. The van der Waals surface area contributed by atoms with Crippen molar-refractivity contribution in [2.24, 2.45) is 11.1 Å². The summed E-state index contributed by atoms with van der Waals surface area (Å²) in [6.07, 6.45) is 1.30. The van der Waals surface area contributed by atoms with Gasteiger partial charge in [-0.05, 0) is 38.3 Å². The summed E-state index contributed by atoms with van der Waals surface area (Å²) in [6.45, 7) is 7.54. The average molecular weight is 293 g/mol. The molecule has 116 valence electrons. The topological polar surface area (TPSA) is 98.3 Å². The lowest BCUT2D eigenvalue weighted by atomic mass is 9.81. The van der Waals surface area contributed by atoms with Crippen molar-refractivity contribution in [2.75, 3.05) is 11.9 Å². The fourth-order valence-electron chi connectivity index (χ4n) is 2.34. The SMILES string of the molecule is CCC(CC)(CN)C(=O)Nc1cc(C)c([N+](=O)[O-])cc1C. The first-order chi connectivity index (χ1) is 9.81. The molecule has 0 aromatic heterocycles. The quantitative estimate of drug-likeness (QED) is 0.622. The van der Waals surface area contributed by atoms with E-state index in [4.69, 9.17) is 5.73 Å². The molecule has 0 radical (unpaired) electrons. The molecule has 0 aliphatic carbocycles. The van der Waals surface area contributed by atoms with Crippen LogP contribution in [0.15, 0.2) is 12.1 Å². The lowest BCUT2D eigenvalue weighted by Crippen LogP contribution is -2.41. The largest absolute Gasteiger partial charge is 0.329 e. The summed E-state index contributed by atoms with van der Waals surface area (Å²) < 4.78 is 0. The molecule has 3 N–H and O–H groups in total. The second kappa shape index (κ2) is 6.67. The van der Waals surface area contributed by atoms with Crippen LogP contribution in [0.5, 0.6) is 0 Å². The van der Waals surface area contributed by atoms with Gasteiger partial charge < -0.3 is 11.1 Å². The van der Waals surface area contributed by atoms with Gasteiger partial charge in [0.1, 0.15) is 0 Å². The number of nitro benzene ring substituents is 1. The number of rotatable bonds is 6. The van der Waals surface area contributed by atoms with Crippen molar-refractivity contribution < 1.29 is 9.72 Å². The van der Waals surface area contributed by atoms with Gasteiger partial charge in [-0.25, -0.2) is 0 Å². The van der Waals surface area contributed by atoms with Crippen molar-refractivity contribution in [1.29, 1.82) is 0 Å². The van der Waals surface area contributed by atoms with Crippen LogP contribution in [0.1, 0.15) is 37.8 Å². The first-order valence-electron chi connectivity index (χ1n) is 7.08. The zero-order valence-corrected chi connectivity index (χ0v) is 13.0. The molecule has 6 nitrogen and oxygen atoms in total. The number of anilines is 1. The van der Waals surface area contributed by atoms with Crippen LogP contribution in [0.3, 0.4) is 0 Å². The first kappa shape index (κ1) is 17.1. The van der Waals surface area contributed by atoms with Crippen LogP contribution in [0, 0.1) is 29.4 Å².